The number of rotatable bonds is 8. The first-order valence-corrected chi connectivity index (χ1v) is 8.57. The van der Waals surface area contributed by atoms with Gasteiger partial charge in [-0.1, -0.05) is 6.92 Å². The van der Waals surface area contributed by atoms with Crippen molar-refractivity contribution in [2.75, 3.05) is 7.05 Å². The van der Waals surface area contributed by atoms with E-state index in [1.165, 1.54) is 0 Å². The average Bonchev–Trinajstić information content (AvgIpc) is 2.59. The first kappa shape index (κ1) is 31.2. The SMILES string of the molecule is CCC(NC)c1c(OC(F)(F)F)c(OC(F)(F)F)c(OC(F)(F)F)c(OC(F)(F)F)c1OC(F)(F)F. The van der Waals surface area contributed by atoms with Gasteiger partial charge in [0.2, 0.25) is 17.2 Å². The quantitative estimate of drug-likeness (QED) is 0.346. The molecule has 0 fully saturated rings. The highest BCUT2D eigenvalue weighted by Gasteiger charge is 2.50. The number of benzene rings is 1. The third kappa shape index (κ3) is 9.64. The van der Waals surface area contributed by atoms with Crippen LogP contribution in [-0.2, 0) is 0 Å². The summed E-state index contributed by atoms with van der Waals surface area (Å²) < 4.78 is 209. The molecule has 0 aliphatic heterocycles. The molecule has 0 radical (unpaired) electrons. The van der Waals surface area contributed by atoms with Gasteiger partial charge in [0.05, 0.1) is 5.56 Å². The van der Waals surface area contributed by atoms with Crippen LogP contribution in [0.3, 0.4) is 0 Å². The highest BCUT2D eigenvalue weighted by atomic mass is 19.4. The van der Waals surface area contributed by atoms with Crippen molar-refractivity contribution in [3.8, 4) is 28.7 Å². The van der Waals surface area contributed by atoms with Gasteiger partial charge in [0, 0.05) is 6.04 Å². The maximum absolute atomic E-state index is 13.0. The number of hydrogen-bond acceptors (Lipinski definition) is 6. The zero-order valence-corrected chi connectivity index (χ0v) is 17.0. The zero-order chi connectivity index (χ0) is 28.5. The van der Waals surface area contributed by atoms with Gasteiger partial charge in [-0.05, 0) is 13.5 Å². The molecule has 1 atom stereocenters. The molecule has 36 heavy (non-hydrogen) atoms. The summed E-state index contributed by atoms with van der Waals surface area (Å²) in [6.45, 7) is 0.949. The number of nitrogens with one attached hydrogen (secondary N) is 1. The Labute approximate surface area is 188 Å². The lowest BCUT2D eigenvalue weighted by atomic mass is 10.00. The normalized spacial score (nSPS) is 14.4. The van der Waals surface area contributed by atoms with Crippen molar-refractivity contribution < 1.29 is 89.5 Å². The Hall–Kier alpha value is -2.87. The van der Waals surface area contributed by atoms with E-state index >= 15 is 0 Å². The van der Waals surface area contributed by atoms with Gasteiger partial charge < -0.3 is 29.0 Å². The second kappa shape index (κ2) is 10.2. The van der Waals surface area contributed by atoms with Gasteiger partial charge in [-0.25, -0.2) is 0 Å². The summed E-state index contributed by atoms with van der Waals surface area (Å²) in [5, 5.41) is 1.94. The molecule has 0 aliphatic carbocycles. The first-order chi connectivity index (χ1) is 15.9. The third-order valence-corrected chi connectivity index (χ3v) is 3.51. The van der Waals surface area contributed by atoms with Crippen LogP contribution in [0.15, 0.2) is 0 Å². The largest absolute Gasteiger partial charge is 0.573 e. The van der Waals surface area contributed by atoms with Crippen molar-refractivity contribution >= 4 is 0 Å². The second-order valence-corrected chi connectivity index (χ2v) is 6.05. The fourth-order valence-electron chi connectivity index (χ4n) is 2.59. The highest BCUT2D eigenvalue weighted by Crippen LogP contribution is 2.60. The van der Waals surface area contributed by atoms with Crippen molar-refractivity contribution in [3.63, 3.8) is 0 Å². The van der Waals surface area contributed by atoms with Crippen molar-refractivity contribution in [2.24, 2.45) is 0 Å². The maximum Gasteiger partial charge on any atom is 0.573 e. The van der Waals surface area contributed by atoms with Crippen LogP contribution in [-0.4, -0.2) is 38.9 Å². The van der Waals surface area contributed by atoms with E-state index in [4.69, 9.17) is 0 Å². The zero-order valence-electron chi connectivity index (χ0n) is 17.0. The van der Waals surface area contributed by atoms with Gasteiger partial charge in [0.25, 0.3) is 0 Å². The molecule has 0 bridgehead atoms. The molecule has 0 saturated carbocycles. The van der Waals surface area contributed by atoms with Gasteiger partial charge in [0.1, 0.15) is 0 Å². The van der Waals surface area contributed by atoms with Gasteiger partial charge in [0.15, 0.2) is 11.5 Å². The third-order valence-electron chi connectivity index (χ3n) is 3.51. The van der Waals surface area contributed by atoms with Gasteiger partial charge in [-0.2, -0.15) is 0 Å². The van der Waals surface area contributed by atoms with E-state index in [1.807, 2.05) is 5.32 Å². The highest BCUT2D eigenvalue weighted by molar-refractivity contribution is 5.71. The Morgan fingerprint density at radius 3 is 0.917 bits per heavy atom. The van der Waals surface area contributed by atoms with Crippen LogP contribution in [0.4, 0.5) is 65.9 Å². The Kier molecular flexibility index (Phi) is 8.87. The van der Waals surface area contributed by atoms with E-state index in [0.717, 1.165) is 14.0 Å². The monoisotopic (exact) mass is 569 g/mol. The molecular formula is C15H10F15NO5. The molecule has 1 unspecified atom stereocenters. The predicted molar refractivity (Wildman–Crippen MR) is 81.9 cm³/mol. The summed E-state index contributed by atoms with van der Waals surface area (Å²) in [6, 6.07) is -2.09. The van der Waals surface area contributed by atoms with Crippen LogP contribution in [0.1, 0.15) is 24.9 Å². The van der Waals surface area contributed by atoms with Crippen LogP contribution in [0, 0.1) is 0 Å². The molecule has 0 spiro atoms. The van der Waals surface area contributed by atoms with Gasteiger partial charge in [-0.15, -0.1) is 65.9 Å². The number of halogens is 15. The van der Waals surface area contributed by atoms with Crippen LogP contribution in [0.25, 0.3) is 0 Å². The van der Waals surface area contributed by atoms with Crippen molar-refractivity contribution in [2.45, 2.75) is 51.2 Å². The van der Waals surface area contributed by atoms with Crippen LogP contribution < -0.4 is 29.0 Å². The predicted octanol–water partition coefficient (Wildman–Crippen LogP) is 6.85. The first-order valence-electron chi connectivity index (χ1n) is 8.57. The number of hydrogen-bond donors (Lipinski definition) is 1. The molecule has 1 aromatic rings. The van der Waals surface area contributed by atoms with Crippen molar-refractivity contribution in [3.05, 3.63) is 5.56 Å². The molecule has 6 nitrogen and oxygen atoms in total. The maximum atomic E-state index is 13.0. The fraction of sp³-hybridized carbons (Fsp3) is 0.600. The Morgan fingerprint density at radius 2 is 0.722 bits per heavy atom. The van der Waals surface area contributed by atoms with Crippen molar-refractivity contribution in [1.82, 2.24) is 5.32 Å². The van der Waals surface area contributed by atoms with Gasteiger partial charge >= 0.3 is 31.8 Å². The lowest BCUT2D eigenvalue weighted by Gasteiger charge is -2.29. The second-order valence-electron chi connectivity index (χ2n) is 6.05. The van der Waals surface area contributed by atoms with E-state index in [1.54, 1.807) is 0 Å². The summed E-state index contributed by atoms with van der Waals surface area (Å²) >= 11 is 0. The molecule has 1 aromatic carbocycles. The van der Waals surface area contributed by atoms with Crippen LogP contribution >= 0.6 is 0 Å². The molecule has 0 heterocycles. The van der Waals surface area contributed by atoms with E-state index in [2.05, 4.69) is 23.7 Å². The van der Waals surface area contributed by atoms with E-state index in [9.17, 15) is 65.9 Å². The molecule has 1 N–H and O–H groups in total. The molecule has 0 aromatic heterocycles. The summed E-state index contributed by atoms with van der Waals surface area (Å²) in [6.07, 6.45) is -31.9. The standard InChI is InChI=1S/C15H10F15NO5/c1-3-4(31-2)5-6(32-11(16,17)18)8(34-13(22,23)24)10(36-15(28,29)30)9(35-14(25,26)27)7(5)33-12(19,20)21/h4,31H,3H2,1-2H3. The molecule has 210 valence electrons. The Bertz CT molecular complexity index is 841. The van der Waals surface area contributed by atoms with Gasteiger partial charge in [-0.3, -0.25) is 0 Å². The minimum atomic E-state index is -6.33. The summed E-state index contributed by atoms with van der Waals surface area (Å²) in [7, 11) is 0.762. The number of alkyl halides is 15. The Morgan fingerprint density at radius 1 is 0.500 bits per heavy atom. The summed E-state index contributed by atoms with van der Waals surface area (Å²) in [4.78, 5) is 0. The van der Waals surface area contributed by atoms with E-state index in [0.29, 0.717) is 0 Å². The van der Waals surface area contributed by atoms with E-state index in [-0.39, 0.29) is 0 Å². The molecule has 1 rings (SSSR count). The molecular weight excluding hydrogens is 559 g/mol. The topological polar surface area (TPSA) is 58.2 Å². The minimum absolute atomic E-state index is 0.713. The summed E-state index contributed by atoms with van der Waals surface area (Å²) in [5.41, 5.74) is -1.94. The Balaban J connectivity index is 4.50. The smallest absolute Gasteiger partial charge is 0.401 e. The average molecular weight is 569 g/mol. The lowest BCUT2D eigenvalue weighted by Crippen LogP contribution is -2.29. The fourth-order valence-corrected chi connectivity index (χ4v) is 2.59. The minimum Gasteiger partial charge on any atom is -0.401 e. The molecule has 21 heteroatoms. The number of ether oxygens (including phenoxy) is 5. The molecule has 0 aliphatic rings. The lowest BCUT2D eigenvalue weighted by molar-refractivity contribution is -0.300. The van der Waals surface area contributed by atoms with E-state index < -0.39 is 78.6 Å². The summed E-state index contributed by atoms with van der Waals surface area (Å²) in [5.74, 6) is -14.1. The van der Waals surface area contributed by atoms with Crippen LogP contribution in [0.2, 0.25) is 0 Å². The van der Waals surface area contributed by atoms with Crippen LogP contribution in [0.5, 0.6) is 28.7 Å². The molecule has 0 amide bonds. The van der Waals surface area contributed by atoms with Crippen molar-refractivity contribution in [1.29, 1.82) is 0 Å². The molecule has 0 saturated heterocycles.